The minimum absolute atomic E-state index is 0.330. The number of carbonyl (C=O) groups excluding carboxylic acids is 2. The Hall–Kier alpha value is -2.88. The Balaban J connectivity index is 0.00000109. The van der Waals surface area contributed by atoms with Crippen LogP contribution in [0.4, 0.5) is 0 Å². The molecule has 0 spiro atoms. The van der Waals surface area contributed by atoms with Gasteiger partial charge >= 0.3 is 5.97 Å². The topological polar surface area (TPSA) is 52.6 Å². The molecule has 4 nitrogen and oxygen atoms in total. The van der Waals surface area contributed by atoms with E-state index in [1.165, 1.54) is 12.7 Å². The third-order valence-corrected chi connectivity index (χ3v) is 4.11. The number of ether oxygens (including phenoxy) is 2. The standard InChI is InChI=1S/C20H20O3.CH2O/c1-5-23-19-11-17-16(9-13(19)3)15-8-12(2)6-7-14(15)10-18(17)20(21)22-4;1-2/h6-11H,5H2,1-4H3;1H2. The summed E-state index contributed by atoms with van der Waals surface area (Å²) in [6.45, 7) is 8.64. The van der Waals surface area contributed by atoms with Crippen LogP contribution in [0.15, 0.2) is 36.4 Å². The number of methoxy groups -OCH3 is 1. The first kappa shape index (κ1) is 18.5. The van der Waals surface area contributed by atoms with Gasteiger partial charge in [0, 0.05) is 5.39 Å². The van der Waals surface area contributed by atoms with E-state index in [0.717, 1.165) is 32.9 Å². The molecule has 0 fully saturated rings. The van der Waals surface area contributed by atoms with Crippen molar-refractivity contribution in [1.82, 2.24) is 0 Å². The highest BCUT2D eigenvalue weighted by atomic mass is 16.5. The number of esters is 1. The summed E-state index contributed by atoms with van der Waals surface area (Å²) in [5, 5.41) is 4.09. The molecule has 3 aromatic rings. The maximum Gasteiger partial charge on any atom is 0.338 e. The second-order valence-corrected chi connectivity index (χ2v) is 5.74. The van der Waals surface area contributed by atoms with Crippen LogP contribution in [0, 0.1) is 13.8 Å². The van der Waals surface area contributed by atoms with Crippen molar-refractivity contribution in [2.45, 2.75) is 20.8 Å². The number of hydrogen-bond acceptors (Lipinski definition) is 4. The largest absolute Gasteiger partial charge is 0.494 e. The SMILES string of the molecule is C=O.CCOc1cc2c(C(=O)OC)cc3ccc(C)cc3c2cc1C. The zero-order valence-electron chi connectivity index (χ0n) is 15.0. The van der Waals surface area contributed by atoms with E-state index >= 15 is 0 Å². The summed E-state index contributed by atoms with van der Waals surface area (Å²) in [6.07, 6.45) is 0. The summed E-state index contributed by atoms with van der Waals surface area (Å²) >= 11 is 0. The second kappa shape index (κ2) is 7.79. The van der Waals surface area contributed by atoms with E-state index in [4.69, 9.17) is 14.3 Å². The molecule has 0 bridgehead atoms. The summed E-state index contributed by atoms with van der Waals surface area (Å²) in [6, 6.07) is 12.2. The zero-order valence-corrected chi connectivity index (χ0v) is 15.0. The number of carbonyl (C=O) groups is 2. The van der Waals surface area contributed by atoms with Crippen LogP contribution >= 0.6 is 0 Å². The molecule has 0 heterocycles. The van der Waals surface area contributed by atoms with Crippen LogP contribution in [0.2, 0.25) is 0 Å². The summed E-state index contributed by atoms with van der Waals surface area (Å²) < 4.78 is 10.7. The number of fused-ring (bicyclic) bond motifs is 3. The van der Waals surface area contributed by atoms with Gasteiger partial charge in [-0.25, -0.2) is 4.79 Å². The second-order valence-electron chi connectivity index (χ2n) is 5.74. The van der Waals surface area contributed by atoms with Gasteiger partial charge < -0.3 is 14.3 Å². The number of rotatable bonds is 3. The molecular weight excluding hydrogens is 316 g/mol. The Morgan fingerprint density at radius 3 is 2.36 bits per heavy atom. The van der Waals surface area contributed by atoms with Gasteiger partial charge in [0.1, 0.15) is 12.5 Å². The molecule has 3 rings (SSSR count). The Labute approximate surface area is 147 Å². The lowest BCUT2D eigenvalue weighted by Crippen LogP contribution is -2.03. The molecule has 0 amide bonds. The Bertz CT molecular complexity index is 928. The van der Waals surface area contributed by atoms with Crippen LogP contribution in [0.5, 0.6) is 5.75 Å². The zero-order chi connectivity index (χ0) is 18.6. The predicted molar refractivity (Wildman–Crippen MR) is 101 cm³/mol. The van der Waals surface area contributed by atoms with Crippen molar-refractivity contribution in [3.63, 3.8) is 0 Å². The average Bonchev–Trinajstić information content (AvgIpc) is 2.63. The monoisotopic (exact) mass is 338 g/mol. The molecule has 25 heavy (non-hydrogen) atoms. The van der Waals surface area contributed by atoms with E-state index in [0.29, 0.717) is 12.2 Å². The number of hydrogen-bond donors (Lipinski definition) is 0. The fourth-order valence-electron chi connectivity index (χ4n) is 2.99. The first-order valence-electron chi connectivity index (χ1n) is 8.03. The summed E-state index contributed by atoms with van der Waals surface area (Å²) in [5.74, 6) is 0.473. The lowest BCUT2D eigenvalue weighted by molar-refractivity contribution is -0.0980. The molecule has 0 N–H and O–H groups in total. The lowest BCUT2D eigenvalue weighted by atomic mass is 9.94. The smallest absolute Gasteiger partial charge is 0.338 e. The average molecular weight is 338 g/mol. The van der Waals surface area contributed by atoms with Crippen LogP contribution in [0.1, 0.15) is 28.4 Å². The van der Waals surface area contributed by atoms with Crippen LogP contribution < -0.4 is 4.74 Å². The van der Waals surface area contributed by atoms with Crippen molar-refractivity contribution < 1.29 is 19.1 Å². The van der Waals surface area contributed by atoms with Gasteiger partial charge in [-0.2, -0.15) is 0 Å². The lowest BCUT2D eigenvalue weighted by Gasteiger charge is -2.14. The van der Waals surface area contributed by atoms with Crippen molar-refractivity contribution in [2.24, 2.45) is 0 Å². The maximum absolute atomic E-state index is 12.2. The third kappa shape index (κ3) is 3.48. The minimum Gasteiger partial charge on any atom is -0.494 e. The van der Waals surface area contributed by atoms with Crippen molar-refractivity contribution in [3.8, 4) is 5.75 Å². The normalized spacial score (nSPS) is 10.2. The van der Waals surface area contributed by atoms with Crippen LogP contribution in [-0.2, 0) is 9.53 Å². The number of aryl methyl sites for hydroxylation is 2. The van der Waals surface area contributed by atoms with Crippen molar-refractivity contribution in [2.75, 3.05) is 13.7 Å². The Morgan fingerprint density at radius 2 is 1.72 bits per heavy atom. The summed E-state index contributed by atoms with van der Waals surface area (Å²) in [7, 11) is 1.41. The molecular formula is C21H22O4. The molecule has 0 aliphatic carbocycles. The highest BCUT2D eigenvalue weighted by molar-refractivity contribution is 6.16. The van der Waals surface area contributed by atoms with E-state index in [2.05, 4.69) is 25.1 Å². The van der Waals surface area contributed by atoms with Gasteiger partial charge in [-0.1, -0.05) is 23.8 Å². The van der Waals surface area contributed by atoms with Crippen LogP contribution in [0.3, 0.4) is 0 Å². The van der Waals surface area contributed by atoms with Gasteiger partial charge in [0.15, 0.2) is 0 Å². The minimum atomic E-state index is -0.330. The molecule has 3 aromatic carbocycles. The molecule has 0 saturated carbocycles. The molecule has 0 aliphatic rings. The summed E-state index contributed by atoms with van der Waals surface area (Å²) in [5.41, 5.74) is 2.82. The molecule has 0 atom stereocenters. The maximum atomic E-state index is 12.2. The Morgan fingerprint density at radius 1 is 1.00 bits per heavy atom. The van der Waals surface area contributed by atoms with Gasteiger partial charge in [-0.15, -0.1) is 0 Å². The van der Waals surface area contributed by atoms with Crippen molar-refractivity contribution in [1.29, 1.82) is 0 Å². The van der Waals surface area contributed by atoms with Crippen molar-refractivity contribution >= 4 is 34.3 Å². The van der Waals surface area contributed by atoms with Crippen LogP contribution in [0.25, 0.3) is 21.5 Å². The third-order valence-electron chi connectivity index (χ3n) is 4.11. The first-order valence-corrected chi connectivity index (χ1v) is 8.03. The van der Waals surface area contributed by atoms with Gasteiger partial charge in [0.2, 0.25) is 0 Å². The molecule has 0 unspecified atom stereocenters. The summed E-state index contributed by atoms with van der Waals surface area (Å²) in [4.78, 5) is 20.2. The Kier molecular flexibility index (Phi) is 5.75. The van der Waals surface area contributed by atoms with Gasteiger partial charge in [-0.3, -0.25) is 0 Å². The molecule has 0 aromatic heterocycles. The van der Waals surface area contributed by atoms with Gasteiger partial charge in [-0.05, 0) is 60.7 Å². The fraction of sp³-hybridized carbons (Fsp3) is 0.238. The quantitative estimate of drug-likeness (QED) is 0.517. The van der Waals surface area contributed by atoms with Crippen LogP contribution in [-0.4, -0.2) is 26.5 Å². The fourth-order valence-corrected chi connectivity index (χ4v) is 2.99. The molecule has 130 valence electrons. The molecule has 0 aliphatic heterocycles. The van der Waals surface area contributed by atoms with E-state index in [1.807, 2.05) is 38.8 Å². The first-order chi connectivity index (χ1) is 12.0. The van der Waals surface area contributed by atoms with Crippen molar-refractivity contribution in [3.05, 3.63) is 53.1 Å². The highest BCUT2D eigenvalue weighted by Gasteiger charge is 2.15. The van der Waals surface area contributed by atoms with Gasteiger partial charge in [0.05, 0.1) is 19.3 Å². The predicted octanol–water partition coefficient (Wildman–Crippen LogP) is 4.61. The van der Waals surface area contributed by atoms with E-state index in [1.54, 1.807) is 0 Å². The van der Waals surface area contributed by atoms with E-state index in [9.17, 15) is 4.79 Å². The molecule has 0 radical (unpaired) electrons. The molecule has 4 heteroatoms. The molecule has 0 saturated heterocycles. The van der Waals surface area contributed by atoms with Gasteiger partial charge in [0.25, 0.3) is 0 Å². The van der Waals surface area contributed by atoms with E-state index in [-0.39, 0.29) is 5.97 Å². The number of benzene rings is 3. The highest BCUT2D eigenvalue weighted by Crippen LogP contribution is 2.34. The van der Waals surface area contributed by atoms with E-state index < -0.39 is 0 Å².